The minimum Gasteiger partial charge on any atom is -0.456 e. The third kappa shape index (κ3) is 5.20. The van der Waals surface area contributed by atoms with Gasteiger partial charge < -0.3 is 19.7 Å². The van der Waals surface area contributed by atoms with Crippen LogP contribution in [-0.4, -0.2) is 46.3 Å². The van der Waals surface area contributed by atoms with Crippen molar-refractivity contribution in [2.24, 2.45) is 7.05 Å². The monoisotopic (exact) mass is 503 g/mol. The van der Waals surface area contributed by atoms with Crippen LogP contribution in [-0.2, 0) is 23.7 Å². The van der Waals surface area contributed by atoms with Gasteiger partial charge in [-0.25, -0.2) is 4.98 Å². The van der Waals surface area contributed by atoms with E-state index in [1.165, 1.54) is 6.92 Å². The summed E-state index contributed by atoms with van der Waals surface area (Å²) in [6, 6.07) is 7.39. The van der Waals surface area contributed by atoms with Gasteiger partial charge in [-0.2, -0.15) is 10.1 Å². The number of hydrogen-bond acceptors (Lipinski definition) is 8. The Balaban J connectivity index is 1.41. The van der Waals surface area contributed by atoms with Gasteiger partial charge in [0.05, 0.1) is 29.6 Å². The second kappa shape index (κ2) is 9.59. The Hall–Kier alpha value is -3.79. The van der Waals surface area contributed by atoms with Gasteiger partial charge in [0.25, 0.3) is 0 Å². The van der Waals surface area contributed by atoms with Crippen molar-refractivity contribution in [1.82, 2.24) is 29.3 Å². The summed E-state index contributed by atoms with van der Waals surface area (Å²) in [5.41, 5.74) is 2.96. The smallest absolute Gasteiger partial charge is 0.210 e. The first-order valence-electron chi connectivity index (χ1n) is 12.6. The van der Waals surface area contributed by atoms with E-state index in [1.54, 1.807) is 24.5 Å². The topological polar surface area (TPSA) is 120 Å². The van der Waals surface area contributed by atoms with Crippen LogP contribution in [0.3, 0.4) is 0 Å². The van der Waals surface area contributed by atoms with Gasteiger partial charge >= 0.3 is 0 Å². The number of rotatable bonds is 7. The maximum Gasteiger partial charge on any atom is 0.210 e. The Morgan fingerprint density at radius 1 is 1.19 bits per heavy atom. The van der Waals surface area contributed by atoms with Crippen LogP contribution >= 0.6 is 0 Å². The fraction of sp³-hybridized carbons (Fsp3) is 0.444. The number of nitrogens with zero attached hydrogens (tertiary/aromatic N) is 6. The zero-order valence-corrected chi connectivity index (χ0v) is 21.9. The van der Waals surface area contributed by atoms with Crippen molar-refractivity contribution < 1.29 is 14.6 Å². The molecule has 194 valence electrons. The number of ketones is 1. The van der Waals surface area contributed by atoms with Gasteiger partial charge in [-0.3, -0.25) is 14.5 Å². The molecule has 4 aromatic rings. The number of imidazole rings is 1. The highest BCUT2D eigenvalue weighted by molar-refractivity contribution is 5.78. The number of Topliss-reactive ketones (excluding diaryl/α,β-unsaturated/α-hetero) is 1. The molecular formula is C27H33N7O3. The van der Waals surface area contributed by atoms with E-state index >= 15 is 0 Å². The van der Waals surface area contributed by atoms with Gasteiger partial charge in [0.15, 0.2) is 11.5 Å². The Morgan fingerprint density at radius 2 is 2.00 bits per heavy atom. The van der Waals surface area contributed by atoms with Gasteiger partial charge in [0.2, 0.25) is 5.95 Å². The molecule has 10 heteroatoms. The molecule has 10 nitrogen and oxygen atoms in total. The molecule has 1 aliphatic rings. The third-order valence-corrected chi connectivity index (χ3v) is 6.67. The fourth-order valence-electron chi connectivity index (χ4n) is 4.81. The van der Waals surface area contributed by atoms with E-state index in [4.69, 9.17) is 9.84 Å². The van der Waals surface area contributed by atoms with E-state index in [0.29, 0.717) is 34.6 Å². The van der Waals surface area contributed by atoms with Crippen molar-refractivity contribution in [3.63, 3.8) is 0 Å². The van der Waals surface area contributed by atoms with Crippen LogP contribution in [0.1, 0.15) is 64.4 Å². The Bertz CT molecular complexity index is 1450. The van der Waals surface area contributed by atoms with Gasteiger partial charge in [-0.05, 0) is 32.3 Å². The number of aromatic nitrogens is 6. The minimum atomic E-state index is -0.383. The quantitative estimate of drug-likeness (QED) is 0.375. The zero-order valence-electron chi connectivity index (χ0n) is 21.9. The van der Waals surface area contributed by atoms with E-state index in [1.807, 2.05) is 28.4 Å². The summed E-state index contributed by atoms with van der Waals surface area (Å²) in [7, 11) is 1.91. The first-order valence-corrected chi connectivity index (χ1v) is 12.6. The number of hydrogen-bond donors (Lipinski definition) is 2. The van der Waals surface area contributed by atoms with Crippen molar-refractivity contribution in [3.8, 4) is 11.5 Å². The average Bonchev–Trinajstić information content (AvgIpc) is 3.51. The Kier molecular flexibility index (Phi) is 6.45. The maximum absolute atomic E-state index is 11.4. The van der Waals surface area contributed by atoms with E-state index in [9.17, 15) is 9.90 Å². The number of anilines is 2. The maximum atomic E-state index is 11.4. The standard InChI is InChI=1S/C27H33N7O3/c1-16(35)11-17-12-18(9-10-28-17)37-19-13-21-25(29-15-19)31-26(33(21)5)30-24-14-23(27(2,3)4)34(32-24)20-7-6-8-22(20)36/h9-10,12-15,20,22,36H,6-8,11H2,1-5H3,(H,29,30,31,32)/t20-,22-/m1/s1. The van der Waals surface area contributed by atoms with Crippen LogP contribution < -0.4 is 10.1 Å². The van der Waals surface area contributed by atoms with E-state index < -0.39 is 0 Å². The SMILES string of the molecule is CC(=O)Cc1cc(Oc2cnc3nc(Nc4cc(C(C)(C)C)n([C@@H]5CCC[C@H]5O)n4)n(C)c3c2)ccn1. The van der Waals surface area contributed by atoms with E-state index in [0.717, 1.165) is 30.5 Å². The molecule has 4 heterocycles. The average molecular weight is 504 g/mol. The van der Waals surface area contributed by atoms with E-state index in [-0.39, 0.29) is 29.8 Å². The van der Waals surface area contributed by atoms with Crippen LogP contribution in [0.25, 0.3) is 11.2 Å². The minimum absolute atomic E-state index is 0.0178. The highest BCUT2D eigenvalue weighted by Crippen LogP contribution is 2.36. The van der Waals surface area contributed by atoms with Gasteiger partial charge in [0, 0.05) is 49.0 Å². The van der Waals surface area contributed by atoms with Gasteiger partial charge in [0.1, 0.15) is 17.3 Å². The van der Waals surface area contributed by atoms with Crippen LogP contribution in [0.2, 0.25) is 0 Å². The fourth-order valence-corrected chi connectivity index (χ4v) is 4.81. The molecule has 0 spiro atoms. The molecule has 37 heavy (non-hydrogen) atoms. The summed E-state index contributed by atoms with van der Waals surface area (Å²) in [5, 5.41) is 18.7. The number of pyridine rings is 2. The largest absolute Gasteiger partial charge is 0.456 e. The van der Waals surface area contributed by atoms with Gasteiger partial charge in [-0.1, -0.05) is 20.8 Å². The predicted octanol–water partition coefficient (Wildman–Crippen LogP) is 4.61. The Labute approximate surface area is 215 Å². The summed E-state index contributed by atoms with van der Waals surface area (Å²) < 4.78 is 9.89. The number of aliphatic hydroxyl groups excluding tert-OH is 1. The first-order chi connectivity index (χ1) is 17.6. The Morgan fingerprint density at radius 3 is 2.70 bits per heavy atom. The number of carbonyl (C=O) groups excluding carboxylic acids is 1. The highest BCUT2D eigenvalue weighted by Gasteiger charge is 2.32. The lowest BCUT2D eigenvalue weighted by molar-refractivity contribution is -0.116. The van der Waals surface area contributed by atoms with Crippen LogP contribution in [0.4, 0.5) is 11.8 Å². The lowest BCUT2D eigenvalue weighted by Crippen LogP contribution is -2.26. The van der Waals surface area contributed by atoms with Crippen LogP contribution in [0.15, 0.2) is 36.7 Å². The summed E-state index contributed by atoms with van der Waals surface area (Å²) in [4.78, 5) is 24.8. The summed E-state index contributed by atoms with van der Waals surface area (Å²) in [6.45, 7) is 7.99. The number of fused-ring (bicyclic) bond motifs is 1. The number of nitrogens with one attached hydrogen (secondary N) is 1. The molecule has 2 atom stereocenters. The van der Waals surface area contributed by atoms with Crippen LogP contribution in [0, 0.1) is 0 Å². The number of carbonyl (C=O) groups is 1. The molecule has 0 saturated heterocycles. The molecule has 1 fully saturated rings. The summed E-state index contributed by atoms with van der Waals surface area (Å²) >= 11 is 0. The molecule has 0 amide bonds. The molecule has 1 aliphatic carbocycles. The summed E-state index contributed by atoms with van der Waals surface area (Å²) in [6.07, 6.45) is 5.84. The lowest BCUT2D eigenvalue weighted by atomic mass is 9.91. The van der Waals surface area contributed by atoms with Crippen molar-refractivity contribution in [2.45, 2.75) is 70.9 Å². The normalized spacial score (nSPS) is 17.9. The molecular weight excluding hydrogens is 470 g/mol. The highest BCUT2D eigenvalue weighted by atomic mass is 16.5. The number of aliphatic hydroxyl groups is 1. The summed E-state index contributed by atoms with van der Waals surface area (Å²) in [5.74, 6) is 2.46. The molecule has 0 aromatic carbocycles. The number of ether oxygens (including phenoxy) is 1. The van der Waals surface area contributed by atoms with Crippen molar-refractivity contribution in [2.75, 3.05) is 5.32 Å². The molecule has 1 saturated carbocycles. The van der Waals surface area contributed by atoms with Crippen molar-refractivity contribution >= 4 is 28.7 Å². The molecule has 0 aliphatic heterocycles. The molecule has 4 aromatic heterocycles. The van der Waals surface area contributed by atoms with Crippen molar-refractivity contribution in [3.05, 3.63) is 48.0 Å². The molecule has 0 unspecified atom stereocenters. The second-order valence-electron chi connectivity index (χ2n) is 10.8. The molecule has 5 rings (SSSR count). The van der Waals surface area contributed by atoms with Gasteiger partial charge in [-0.15, -0.1) is 0 Å². The third-order valence-electron chi connectivity index (χ3n) is 6.67. The molecule has 0 bridgehead atoms. The van der Waals surface area contributed by atoms with Crippen LogP contribution in [0.5, 0.6) is 11.5 Å². The number of aryl methyl sites for hydroxylation is 1. The van der Waals surface area contributed by atoms with Crippen molar-refractivity contribution in [1.29, 1.82) is 0 Å². The molecule has 2 N–H and O–H groups in total. The zero-order chi connectivity index (χ0) is 26.3. The molecule has 0 radical (unpaired) electrons. The lowest BCUT2D eigenvalue weighted by Gasteiger charge is -2.25. The predicted molar refractivity (Wildman–Crippen MR) is 140 cm³/mol. The second-order valence-corrected chi connectivity index (χ2v) is 10.8. The van der Waals surface area contributed by atoms with E-state index in [2.05, 4.69) is 41.0 Å². The first kappa shape index (κ1) is 24.9.